The molecular formula is C16H17BrClN9O5S3. The Labute approximate surface area is 224 Å². The largest absolute Gasteiger partial charge is 0.477 e. The second kappa shape index (κ2) is 11.1. The molecule has 4 heterocycles. The normalized spacial score (nSPS) is 20.5. The minimum absolute atomic E-state index is 0. The monoisotopic (exact) mass is 625 g/mol. The number of amides is 2. The van der Waals surface area contributed by atoms with Gasteiger partial charge in [-0.1, -0.05) is 28.3 Å². The van der Waals surface area contributed by atoms with Crippen LogP contribution in [0.15, 0.2) is 25.4 Å². The highest BCUT2D eigenvalue weighted by Gasteiger charge is 2.55. The molecule has 2 aromatic rings. The first-order chi connectivity index (χ1) is 16.2. The Morgan fingerprint density at radius 2 is 2.23 bits per heavy atom. The van der Waals surface area contributed by atoms with Crippen molar-refractivity contribution in [1.82, 2.24) is 35.8 Å². The first kappa shape index (κ1) is 27.2. The summed E-state index contributed by atoms with van der Waals surface area (Å²) in [7, 11) is 1.27. The number of oxime groups is 1. The van der Waals surface area contributed by atoms with Crippen molar-refractivity contribution in [3.63, 3.8) is 0 Å². The van der Waals surface area contributed by atoms with Crippen molar-refractivity contribution in [2.75, 3.05) is 18.6 Å². The van der Waals surface area contributed by atoms with Crippen LogP contribution < -0.4 is 11.1 Å². The van der Waals surface area contributed by atoms with Crippen molar-refractivity contribution in [1.29, 1.82) is 0 Å². The number of nitrogens with one attached hydrogen (secondary N) is 2. The van der Waals surface area contributed by atoms with Crippen molar-refractivity contribution >= 4 is 91.8 Å². The van der Waals surface area contributed by atoms with Crippen LogP contribution in [0.3, 0.4) is 0 Å². The zero-order valence-electron chi connectivity index (χ0n) is 17.8. The van der Waals surface area contributed by atoms with Crippen LogP contribution in [0.1, 0.15) is 12.6 Å². The number of carboxylic acid groups (broad SMARTS) is 1. The Hall–Kier alpha value is -2.41. The molecule has 188 valence electrons. The number of β-lactam (4-membered cyclic amide) rings is 1. The molecule has 2 aliphatic rings. The number of H-pyrrole nitrogens is 1. The minimum Gasteiger partial charge on any atom is -0.477 e. The Morgan fingerprint density at radius 3 is 2.80 bits per heavy atom. The van der Waals surface area contributed by atoms with Gasteiger partial charge in [-0.15, -0.1) is 34.4 Å². The molecule has 0 aromatic carbocycles. The number of tetrazole rings is 1. The third-order valence-corrected chi connectivity index (χ3v) is 8.67. The number of thiazole rings is 1. The number of halogens is 2. The van der Waals surface area contributed by atoms with Crippen molar-refractivity contribution < 1.29 is 24.3 Å². The number of rotatable bonds is 8. The maximum atomic E-state index is 13.0. The fourth-order valence-electron chi connectivity index (χ4n) is 3.34. The van der Waals surface area contributed by atoms with E-state index in [1.165, 1.54) is 35.5 Å². The highest BCUT2D eigenvalue weighted by molar-refractivity contribution is 9.11. The number of thioether (sulfide) groups is 2. The number of nitrogens with zero attached hydrogens (tertiary/aromatic N) is 6. The number of carbonyl (C=O) groups is 3. The van der Waals surface area contributed by atoms with E-state index < -0.39 is 29.2 Å². The van der Waals surface area contributed by atoms with Crippen molar-refractivity contribution in [2.45, 2.75) is 28.7 Å². The molecule has 2 aromatic heterocycles. The van der Waals surface area contributed by atoms with Crippen LogP contribution in [0.4, 0.5) is 5.13 Å². The molecule has 5 N–H and O–H groups in total. The van der Waals surface area contributed by atoms with E-state index in [0.717, 1.165) is 11.3 Å². The molecule has 2 aliphatic heterocycles. The van der Waals surface area contributed by atoms with Gasteiger partial charge in [0.05, 0.1) is 0 Å². The lowest BCUT2D eigenvalue weighted by atomic mass is 10.0. The van der Waals surface area contributed by atoms with E-state index in [9.17, 15) is 19.5 Å². The van der Waals surface area contributed by atoms with E-state index >= 15 is 0 Å². The summed E-state index contributed by atoms with van der Waals surface area (Å²) in [6.07, 6.45) is 0. The van der Waals surface area contributed by atoms with Gasteiger partial charge in [-0.25, -0.2) is 9.78 Å². The van der Waals surface area contributed by atoms with E-state index in [1.54, 1.807) is 6.92 Å². The maximum Gasteiger partial charge on any atom is 0.352 e. The number of fused-ring (bicyclic) bond motifs is 1. The third-order valence-electron chi connectivity index (χ3n) is 4.81. The summed E-state index contributed by atoms with van der Waals surface area (Å²) in [5, 5.41) is 29.4. The van der Waals surface area contributed by atoms with Gasteiger partial charge >= 0.3 is 5.97 Å². The van der Waals surface area contributed by atoms with Crippen LogP contribution in [0, 0.1) is 0 Å². The number of nitrogen functional groups attached to an aromatic ring is 1. The molecule has 3 atom stereocenters. The molecule has 14 nitrogen and oxygen atoms in total. The summed E-state index contributed by atoms with van der Waals surface area (Å²) in [5.41, 5.74) is 6.13. The summed E-state index contributed by atoms with van der Waals surface area (Å²) in [6, 6.07) is -0.953. The number of hydrogen-bond acceptors (Lipinski definition) is 13. The van der Waals surface area contributed by atoms with Crippen molar-refractivity contribution in [2.24, 2.45) is 5.16 Å². The van der Waals surface area contributed by atoms with E-state index in [1.807, 2.05) is 0 Å². The summed E-state index contributed by atoms with van der Waals surface area (Å²) >= 11 is 6.95. The van der Waals surface area contributed by atoms with Crippen molar-refractivity contribution in [3.8, 4) is 0 Å². The third kappa shape index (κ3) is 5.25. The lowest BCUT2D eigenvalue weighted by Crippen LogP contribution is -2.71. The number of carboxylic acids is 1. The summed E-state index contributed by atoms with van der Waals surface area (Å²) in [6.45, 7) is 1.80. The van der Waals surface area contributed by atoms with Gasteiger partial charge in [0.1, 0.15) is 33.7 Å². The quantitative estimate of drug-likeness (QED) is 0.138. The fraction of sp³-hybridized carbons (Fsp3) is 0.375. The van der Waals surface area contributed by atoms with Crippen LogP contribution in [0.5, 0.6) is 0 Å². The molecule has 1 saturated heterocycles. The van der Waals surface area contributed by atoms with Crippen LogP contribution in [0.2, 0.25) is 0 Å². The van der Waals surface area contributed by atoms with Crippen LogP contribution in [-0.4, -0.2) is 88.6 Å². The average molecular weight is 627 g/mol. The molecule has 35 heavy (non-hydrogen) atoms. The lowest BCUT2D eigenvalue weighted by molar-refractivity contribution is -0.150. The molecule has 2 amide bonds. The number of anilines is 1. The molecule has 19 heteroatoms. The van der Waals surface area contributed by atoms with Crippen molar-refractivity contribution in [3.05, 3.63) is 20.8 Å². The molecule has 4 rings (SSSR count). The van der Waals surface area contributed by atoms with Gasteiger partial charge in [0.2, 0.25) is 5.16 Å². The topological polar surface area (TPSA) is 202 Å². The molecule has 0 aliphatic carbocycles. The fourth-order valence-corrected chi connectivity index (χ4v) is 7.09. The first-order valence-corrected chi connectivity index (χ1v) is 12.9. The second-order valence-corrected chi connectivity index (χ2v) is 11.6. The number of carbonyl (C=O) groups excluding carboxylic acids is 2. The smallest absolute Gasteiger partial charge is 0.352 e. The number of hydrogen-bond donors (Lipinski definition) is 4. The predicted octanol–water partition coefficient (Wildman–Crippen LogP) is 0.693. The van der Waals surface area contributed by atoms with E-state index in [4.69, 9.17) is 10.6 Å². The summed E-state index contributed by atoms with van der Waals surface area (Å²) in [5.74, 6) is -2.16. The highest BCUT2D eigenvalue weighted by Crippen LogP contribution is 2.43. The summed E-state index contributed by atoms with van der Waals surface area (Å²) < 4.78 is 0.471. The van der Waals surface area contributed by atoms with Gasteiger partial charge in [0.15, 0.2) is 10.8 Å². The van der Waals surface area contributed by atoms with Crippen LogP contribution in [0.25, 0.3) is 0 Å². The SMILES string of the molecule is CON=C(C(=O)NC1C(=O)N2C(C(=O)O)=C(C(C)Sc3nn[nH]n3)CS[C@H]12)c1nc(N)sc1Br.Cl. The Morgan fingerprint density at radius 1 is 1.49 bits per heavy atom. The molecular weight excluding hydrogens is 610 g/mol. The van der Waals surface area contributed by atoms with E-state index in [0.29, 0.717) is 20.3 Å². The second-order valence-electron chi connectivity index (χ2n) is 6.79. The Balaban J connectivity index is 0.00000342. The van der Waals surface area contributed by atoms with E-state index in [-0.39, 0.29) is 39.9 Å². The van der Waals surface area contributed by atoms with Gasteiger partial charge < -0.3 is 21.0 Å². The van der Waals surface area contributed by atoms with Crippen LogP contribution in [-0.2, 0) is 19.2 Å². The average Bonchev–Trinajstić information content (AvgIpc) is 3.42. The zero-order valence-corrected chi connectivity index (χ0v) is 22.6. The maximum absolute atomic E-state index is 13.0. The van der Waals surface area contributed by atoms with Gasteiger partial charge in [-0.2, -0.15) is 5.21 Å². The summed E-state index contributed by atoms with van der Waals surface area (Å²) in [4.78, 5) is 48.0. The molecule has 2 unspecified atom stereocenters. The first-order valence-electron chi connectivity index (χ1n) is 9.38. The number of aliphatic carboxylic acids is 1. The molecule has 0 bridgehead atoms. The Kier molecular flexibility index (Phi) is 8.63. The molecule has 0 radical (unpaired) electrons. The predicted molar refractivity (Wildman–Crippen MR) is 134 cm³/mol. The number of aromatic nitrogens is 5. The van der Waals surface area contributed by atoms with Gasteiger partial charge in [0, 0.05) is 11.0 Å². The Bertz CT molecular complexity index is 1210. The van der Waals surface area contributed by atoms with Gasteiger partial charge in [-0.05, 0) is 33.6 Å². The lowest BCUT2D eigenvalue weighted by Gasteiger charge is -2.49. The van der Waals surface area contributed by atoms with E-state index in [2.05, 4.69) is 52.0 Å². The van der Waals surface area contributed by atoms with Gasteiger partial charge in [-0.3, -0.25) is 14.5 Å². The zero-order chi connectivity index (χ0) is 24.6. The standard InChI is InChI=1S/C16H16BrN9O5S3.ClH/c1-4(33-16-21-24-25-22-16)5-3-32-13-8(12(28)26(13)9(5)14(29)30)19-11(27)7(23-31-2)6-10(17)34-15(18)20-6;/h4,8,13H,3H2,1-2H3,(H2,18,20)(H,19,27)(H,29,30)(H,21,22,24,25);1H/t4?,8?,13-;/m1./s1. The number of nitrogens with two attached hydrogens (primary N) is 1. The molecule has 0 saturated carbocycles. The van der Waals surface area contributed by atoms with Gasteiger partial charge in [0.25, 0.3) is 11.8 Å². The minimum atomic E-state index is -1.23. The number of aromatic amines is 1. The molecule has 1 fully saturated rings. The molecule has 0 spiro atoms. The highest BCUT2D eigenvalue weighted by atomic mass is 79.9. The van der Waals surface area contributed by atoms with Crippen LogP contribution >= 0.6 is 63.2 Å².